The third-order valence-corrected chi connectivity index (χ3v) is 6.24. The molecule has 0 bridgehead atoms. The lowest BCUT2D eigenvalue weighted by Gasteiger charge is -2.32. The number of anilines is 2. The molecule has 1 N–H and O–H groups in total. The maximum absolute atomic E-state index is 13.2. The van der Waals surface area contributed by atoms with E-state index in [4.69, 9.17) is 4.74 Å². The van der Waals surface area contributed by atoms with Crippen molar-refractivity contribution in [1.29, 1.82) is 0 Å². The number of thiazole rings is 1. The van der Waals surface area contributed by atoms with Crippen LogP contribution in [0.15, 0.2) is 42.0 Å². The zero-order valence-corrected chi connectivity index (χ0v) is 19.0. The van der Waals surface area contributed by atoms with Crippen LogP contribution in [0.25, 0.3) is 5.65 Å². The summed E-state index contributed by atoms with van der Waals surface area (Å²) in [4.78, 5) is 28.6. The van der Waals surface area contributed by atoms with Crippen molar-refractivity contribution < 1.29 is 9.53 Å². The number of aryl methyl sites for hydroxylation is 3. The molecule has 0 aromatic carbocycles. The molecule has 1 amide bonds. The van der Waals surface area contributed by atoms with Gasteiger partial charge in [-0.2, -0.15) is 0 Å². The predicted molar refractivity (Wildman–Crippen MR) is 124 cm³/mol. The van der Waals surface area contributed by atoms with Crippen LogP contribution in [0.2, 0.25) is 0 Å². The van der Waals surface area contributed by atoms with Crippen LogP contribution in [0.3, 0.4) is 0 Å². The van der Waals surface area contributed by atoms with Gasteiger partial charge in [-0.05, 0) is 50.6 Å². The first kappa shape index (κ1) is 20.6. The number of aromatic nitrogens is 4. The summed E-state index contributed by atoms with van der Waals surface area (Å²) in [6.45, 7) is 7.33. The third-order valence-electron chi connectivity index (χ3n) is 5.36. The Morgan fingerprint density at radius 2 is 2.03 bits per heavy atom. The van der Waals surface area contributed by atoms with Gasteiger partial charge in [-0.3, -0.25) is 9.78 Å². The fourth-order valence-corrected chi connectivity index (χ4v) is 4.54. The lowest BCUT2D eigenvalue weighted by Crippen LogP contribution is -2.42. The normalized spacial score (nSPS) is 16.5. The van der Waals surface area contributed by atoms with E-state index in [0.29, 0.717) is 25.4 Å². The van der Waals surface area contributed by atoms with Crippen LogP contribution in [0.1, 0.15) is 39.2 Å². The Morgan fingerprint density at radius 3 is 2.84 bits per heavy atom. The molecule has 0 saturated carbocycles. The van der Waals surface area contributed by atoms with Gasteiger partial charge in [0.1, 0.15) is 17.4 Å². The number of nitrogens with one attached hydrogen (secondary N) is 1. The molecule has 8 nitrogen and oxygen atoms in total. The molecule has 1 saturated heterocycles. The van der Waals surface area contributed by atoms with Crippen molar-refractivity contribution in [3.8, 4) is 0 Å². The first-order chi connectivity index (χ1) is 15.4. The van der Waals surface area contributed by atoms with Crippen molar-refractivity contribution in [2.75, 3.05) is 25.0 Å². The van der Waals surface area contributed by atoms with E-state index in [0.717, 1.165) is 39.1 Å². The van der Waals surface area contributed by atoms with E-state index in [1.807, 2.05) is 61.0 Å². The number of hydrogen-bond acceptors (Lipinski definition) is 7. The number of rotatable bonds is 4. The number of carbonyl (C=O) groups excluding carboxylic acids is 1. The lowest BCUT2D eigenvalue weighted by molar-refractivity contribution is -0.0249. The van der Waals surface area contributed by atoms with Gasteiger partial charge in [0.05, 0.1) is 24.5 Å². The van der Waals surface area contributed by atoms with Gasteiger partial charge >= 0.3 is 0 Å². The standard InChI is InChI=1S/C23H24N6O2S/c1-14-4-5-28-11-19(27-21(28)8-14)22(30)29-6-7-31-20(12-29)18-10-17(9-15(2)24-18)26-23-25-16(3)13-32-23/h4-5,8-11,13,20H,6-7,12H2,1-3H3,(H,24,25,26)/t20-/m1/s1. The number of pyridine rings is 2. The van der Waals surface area contributed by atoms with Gasteiger partial charge in [-0.15, -0.1) is 11.3 Å². The van der Waals surface area contributed by atoms with Crippen molar-refractivity contribution in [2.24, 2.45) is 0 Å². The minimum atomic E-state index is -0.301. The first-order valence-electron chi connectivity index (χ1n) is 10.5. The summed E-state index contributed by atoms with van der Waals surface area (Å²) in [6.07, 6.45) is 3.40. The molecule has 1 atom stereocenters. The minimum Gasteiger partial charge on any atom is -0.368 e. The zero-order valence-electron chi connectivity index (χ0n) is 18.2. The van der Waals surface area contributed by atoms with Crippen LogP contribution in [0.4, 0.5) is 10.8 Å². The van der Waals surface area contributed by atoms with Crippen molar-refractivity contribution in [3.05, 3.63) is 70.4 Å². The van der Waals surface area contributed by atoms with E-state index >= 15 is 0 Å². The Bertz CT molecular complexity index is 1300. The highest BCUT2D eigenvalue weighted by Gasteiger charge is 2.28. The highest BCUT2D eigenvalue weighted by Crippen LogP contribution is 2.27. The van der Waals surface area contributed by atoms with Crippen molar-refractivity contribution in [2.45, 2.75) is 26.9 Å². The van der Waals surface area contributed by atoms with Gasteiger partial charge in [0.15, 0.2) is 5.13 Å². The van der Waals surface area contributed by atoms with Crippen LogP contribution in [-0.2, 0) is 4.74 Å². The van der Waals surface area contributed by atoms with Gasteiger partial charge in [0, 0.05) is 35.7 Å². The summed E-state index contributed by atoms with van der Waals surface area (Å²) in [5.41, 5.74) is 5.88. The zero-order chi connectivity index (χ0) is 22.2. The average molecular weight is 449 g/mol. The molecule has 0 radical (unpaired) electrons. The number of carbonyl (C=O) groups is 1. The van der Waals surface area contributed by atoms with Crippen molar-refractivity contribution in [1.82, 2.24) is 24.3 Å². The number of imidazole rings is 1. The van der Waals surface area contributed by atoms with Crippen LogP contribution in [-0.4, -0.2) is 49.9 Å². The molecule has 4 aromatic heterocycles. The second-order valence-corrected chi connectivity index (χ2v) is 8.91. The van der Waals surface area contributed by atoms with Crippen molar-refractivity contribution >= 4 is 33.7 Å². The third kappa shape index (κ3) is 4.21. The van der Waals surface area contributed by atoms with Crippen LogP contribution >= 0.6 is 11.3 Å². The number of amides is 1. The molecule has 32 heavy (non-hydrogen) atoms. The molecular weight excluding hydrogens is 424 g/mol. The Morgan fingerprint density at radius 1 is 1.16 bits per heavy atom. The van der Waals surface area contributed by atoms with Gasteiger partial charge in [-0.25, -0.2) is 9.97 Å². The smallest absolute Gasteiger partial charge is 0.274 e. The second kappa shape index (κ2) is 8.33. The number of fused-ring (bicyclic) bond motifs is 1. The maximum Gasteiger partial charge on any atom is 0.274 e. The highest BCUT2D eigenvalue weighted by atomic mass is 32.1. The minimum absolute atomic E-state index is 0.0936. The van der Waals surface area contributed by atoms with Crippen LogP contribution in [0.5, 0.6) is 0 Å². The van der Waals surface area contributed by atoms with E-state index in [9.17, 15) is 4.79 Å². The van der Waals surface area contributed by atoms with Crippen molar-refractivity contribution in [3.63, 3.8) is 0 Å². The lowest BCUT2D eigenvalue weighted by atomic mass is 10.1. The van der Waals surface area contributed by atoms with E-state index in [2.05, 4.69) is 20.3 Å². The largest absolute Gasteiger partial charge is 0.368 e. The average Bonchev–Trinajstić information content (AvgIpc) is 3.38. The summed E-state index contributed by atoms with van der Waals surface area (Å²) >= 11 is 1.56. The summed E-state index contributed by atoms with van der Waals surface area (Å²) in [7, 11) is 0. The molecule has 1 fully saturated rings. The monoisotopic (exact) mass is 448 g/mol. The van der Waals surface area contributed by atoms with Crippen LogP contribution < -0.4 is 5.32 Å². The molecule has 5 rings (SSSR count). The number of ether oxygens (including phenoxy) is 1. The molecule has 1 aliphatic rings. The van der Waals surface area contributed by atoms with Gasteiger partial charge < -0.3 is 19.4 Å². The Labute approximate surface area is 189 Å². The Kier molecular flexibility index (Phi) is 5.36. The number of morpholine rings is 1. The molecule has 4 aromatic rings. The SMILES string of the molecule is Cc1ccn2cc(C(=O)N3CCO[C@@H](c4cc(Nc5nc(C)cs5)cc(C)n4)C3)nc2c1. The molecule has 0 spiro atoms. The van der Waals surface area contributed by atoms with E-state index in [1.54, 1.807) is 22.4 Å². The Balaban J connectivity index is 1.35. The summed E-state index contributed by atoms with van der Waals surface area (Å²) < 4.78 is 7.87. The highest BCUT2D eigenvalue weighted by molar-refractivity contribution is 7.13. The molecule has 9 heteroatoms. The topological polar surface area (TPSA) is 84.7 Å². The molecule has 1 aliphatic heterocycles. The molecule has 0 unspecified atom stereocenters. The quantitative estimate of drug-likeness (QED) is 0.507. The summed E-state index contributed by atoms with van der Waals surface area (Å²) in [6, 6.07) is 7.91. The van der Waals surface area contributed by atoms with Gasteiger partial charge in [0.25, 0.3) is 5.91 Å². The van der Waals surface area contributed by atoms with E-state index < -0.39 is 0 Å². The summed E-state index contributed by atoms with van der Waals surface area (Å²) in [5.74, 6) is -0.0936. The fraction of sp³-hybridized carbons (Fsp3) is 0.304. The fourth-order valence-electron chi connectivity index (χ4n) is 3.83. The number of nitrogens with zero attached hydrogens (tertiary/aromatic N) is 5. The van der Waals surface area contributed by atoms with Gasteiger partial charge in [-0.1, -0.05) is 0 Å². The molecule has 5 heterocycles. The Hall–Kier alpha value is -3.30. The predicted octanol–water partition coefficient (Wildman–Crippen LogP) is 4.07. The number of hydrogen-bond donors (Lipinski definition) is 1. The molecular formula is C23H24N6O2S. The van der Waals surface area contributed by atoms with Crippen LogP contribution in [0, 0.1) is 20.8 Å². The second-order valence-electron chi connectivity index (χ2n) is 8.05. The van der Waals surface area contributed by atoms with E-state index in [-0.39, 0.29) is 12.0 Å². The van der Waals surface area contributed by atoms with Gasteiger partial charge in [0.2, 0.25) is 0 Å². The first-order valence-corrected chi connectivity index (χ1v) is 11.4. The maximum atomic E-state index is 13.2. The summed E-state index contributed by atoms with van der Waals surface area (Å²) in [5, 5.41) is 6.18. The van der Waals surface area contributed by atoms with E-state index in [1.165, 1.54) is 0 Å². The molecule has 164 valence electrons. The molecule has 0 aliphatic carbocycles.